The maximum absolute atomic E-state index is 10.5. The maximum Gasteiger partial charge on any atom is 0.150 e. The van der Waals surface area contributed by atoms with E-state index in [9.17, 15) is 4.79 Å². The van der Waals surface area contributed by atoms with Crippen molar-refractivity contribution in [1.82, 2.24) is 4.72 Å². The highest BCUT2D eigenvalue weighted by molar-refractivity contribution is 7.97. The predicted molar refractivity (Wildman–Crippen MR) is 129 cm³/mol. The SMILES string of the molecule is CNSc1cc(C(C)(C)C)ccc1OC.N#Cc1cc(C=O)ccc1CN=C/C=C\N. The second-order valence-electron chi connectivity index (χ2n) is 7.44. The monoisotopic (exact) mass is 438 g/mol. The molecule has 3 N–H and O–H groups in total. The lowest BCUT2D eigenvalue weighted by atomic mass is 9.87. The van der Waals surface area contributed by atoms with Gasteiger partial charge in [-0.1, -0.05) is 39.0 Å². The molecule has 0 spiro atoms. The topological polar surface area (TPSA) is 100 Å². The van der Waals surface area contributed by atoms with E-state index in [1.165, 1.54) is 11.8 Å². The van der Waals surface area contributed by atoms with Crippen LogP contribution >= 0.6 is 11.9 Å². The van der Waals surface area contributed by atoms with Gasteiger partial charge in [0, 0.05) is 11.8 Å². The van der Waals surface area contributed by atoms with Crippen LogP contribution in [0.15, 0.2) is 58.6 Å². The molecule has 7 heteroatoms. The van der Waals surface area contributed by atoms with Gasteiger partial charge in [-0.25, -0.2) is 0 Å². The number of benzene rings is 2. The zero-order chi connectivity index (χ0) is 23.3. The Morgan fingerprint density at radius 3 is 2.55 bits per heavy atom. The van der Waals surface area contributed by atoms with Crippen LogP contribution in [0.4, 0.5) is 0 Å². The summed E-state index contributed by atoms with van der Waals surface area (Å²) in [6.45, 7) is 7.03. The third-order valence-electron chi connectivity index (χ3n) is 4.20. The molecule has 0 radical (unpaired) electrons. The Kier molecular flexibility index (Phi) is 11.1. The molecule has 31 heavy (non-hydrogen) atoms. The first kappa shape index (κ1) is 26.0. The quantitative estimate of drug-likeness (QED) is 0.371. The van der Waals surface area contributed by atoms with Gasteiger partial charge < -0.3 is 10.5 Å². The van der Waals surface area contributed by atoms with Gasteiger partial charge in [0.25, 0.3) is 0 Å². The number of carbonyl (C=O) groups is 1. The smallest absolute Gasteiger partial charge is 0.150 e. The van der Waals surface area contributed by atoms with Crippen molar-refractivity contribution in [1.29, 1.82) is 5.26 Å². The van der Waals surface area contributed by atoms with E-state index in [0.29, 0.717) is 24.0 Å². The number of aldehydes is 1. The second kappa shape index (κ2) is 13.3. The van der Waals surface area contributed by atoms with E-state index >= 15 is 0 Å². The van der Waals surface area contributed by atoms with Crippen molar-refractivity contribution in [2.24, 2.45) is 10.7 Å². The van der Waals surface area contributed by atoms with E-state index in [0.717, 1.165) is 16.2 Å². The van der Waals surface area contributed by atoms with Gasteiger partial charge in [-0.05, 0) is 66.0 Å². The van der Waals surface area contributed by atoms with Crippen LogP contribution in [0.3, 0.4) is 0 Å². The Labute approximate surface area is 189 Å². The van der Waals surface area contributed by atoms with E-state index in [-0.39, 0.29) is 5.41 Å². The van der Waals surface area contributed by atoms with Gasteiger partial charge in [0.05, 0.1) is 30.2 Å². The number of nitrogens with zero attached hydrogens (tertiary/aromatic N) is 2. The molecular weight excluding hydrogens is 408 g/mol. The fourth-order valence-corrected chi connectivity index (χ4v) is 3.16. The van der Waals surface area contributed by atoms with Gasteiger partial charge in [-0.3, -0.25) is 14.5 Å². The van der Waals surface area contributed by atoms with Crippen molar-refractivity contribution < 1.29 is 9.53 Å². The number of allylic oxidation sites excluding steroid dienone is 1. The van der Waals surface area contributed by atoms with Crippen LogP contribution in [-0.2, 0) is 12.0 Å². The maximum atomic E-state index is 10.5. The summed E-state index contributed by atoms with van der Waals surface area (Å²) in [6, 6.07) is 13.3. The van der Waals surface area contributed by atoms with Crippen LogP contribution in [0, 0.1) is 11.3 Å². The van der Waals surface area contributed by atoms with Crippen LogP contribution < -0.4 is 15.2 Å². The largest absolute Gasteiger partial charge is 0.496 e. The van der Waals surface area contributed by atoms with E-state index in [2.05, 4.69) is 42.6 Å². The zero-order valence-corrected chi connectivity index (χ0v) is 19.5. The van der Waals surface area contributed by atoms with Crippen molar-refractivity contribution >= 4 is 24.4 Å². The molecule has 0 unspecified atom stereocenters. The standard InChI is InChI=1S/C12H11N3O.C12H19NOS/c13-4-1-5-15-8-11-3-2-10(9-16)6-12(11)7-14;1-12(2,3)9-6-7-10(14-5)11(8-9)15-13-4/h1-6,9H,8,13H2;6-8,13H,1-5H3/b4-1-,15-5?;. The van der Waals surface area contributed by atoms with E-state index in [4.69, 9.17) is 15.7 Å². The summed E-state index contributed by atoms with van der Waals surface area (Å²) < 4.78 is 8.38. The van der Waals surface area contributed by atoms with Gasteiger partial charge in [-0.15, -0.1) is 0 Å². The third kappa shape index (κ3) is 8.67. The average Bonchev–Trinajstić information content (AvgIpc) is 2.76. The van der Waals surface area contributed by atoms with E-state index in [1.54, 1.807) is 49.5 Å². The molecule has 0 fully saturated rings. The number of hydrogen-bond acceptors (Lipinski definition) is 7. The van der Waals surface area contributed by atoms with Crippen molar-refractivity contribution in [2.45, 2.75) is 37.6 Å². The summed E-state index contributed by atoms with van der Waals surface area (Å²) in [5, 5.41) is 8.89. The van der Waals surface area contributed by atoms with Crippen molar-refractivity contribution in [3.05, 3.63) is 70.9 Å². The Morgan fingerprint density at radius 2 is 2.00 bits per heavy atom. The number of nitriles is 1. The van der Waals surface area contributed by atoms with Gasteiger partial charge >= 0.3 is 0 Å². The van der Waals surface area contributed by atoms with Gasteiger partial charge in [0.15, 0.2) is 0 Å². The van der Waals surface area contributed by atoms with Crippen molar-refractivity contribution in [3.8, 4) is 11.8 Å². The molecule has 0 saturated carbocycles. The summed E-state index contributed by atoms with van der Waals surface area (Å²) in [6.07, 6.45) is 5.26. The molecule has 0 atom stereocenters. The van der Waals surface area contributed by atoms with Gasteiger partial charge in [0.2, 0.25) is 0 Å². The molecule has 2 rings (SSSR count). The lowest BCUT2D eigenvalue weighted by Gasteiger charge is -2.20. The number of aliphatic imine (C=N–C) groups is 1. The first-order valence-electron chi connectivity index (χ1n) is 9.67. The summed E-state index contributed by atoms with van der Waals surface area (Å²) in [4.78, 5) is 15.7. The number of ether oxygens (including phenoxy) is 1. The first-order chi connectivity index (χ1) is 14.8. The zero-order valence-electron chi connectivity index (χ0n) is 18.7. The molecule has 2 aromatic rings. The minimum atomic E-state index is 0.176. The van der Waals surface area contributed by atoms with Crippen LogP contribution in [0.1, 0.15) is 47.8 Å². The molecule has 0 heterocycles. The van der Waals surface area contributed by atoms with Crippen molar-refractivity contribution in [3.63, 3.8) is 0 Å². The van der Waals surface area contributed by atoms with E-state index < -0.39 is 0 Å². The van der Waals surface area contributed by atoms with E-state index in [1.807, 2.05) is 19.2 Å². The van der Waals surface area contributed by atoms with Crippen LogP contribution in [0.2, 0.25) is 0 Å². The summed E-state index contributed by atoms with van der Waals surface area (Å²) >= 11 is 1.58. The molecule has 164 valence electrons. The molecule has 0 aliphatic rings. The highest BCUT2D eigenvalue weighted by Crippen LogP contribution is 2.32. The fraction of sp³-hybridized carbons (Fsp3) is 0.292. The average molecular weight is 439 g/mol. The van der Waals surface area contributed by atoms with Crippen molar-refractivity contribution in [2.75, 3.05) is 14.2 Å². The summed E-state index contributed by atoms with van der Waals surface area (Å²) in [5.74, 6) is 0.919. The van der Waals surface area contributed by atoms with Gasteiger partial charge in [0.1, 0.15) is 12.0 Å². The number of hydrogen-bond donors (Lipinski definition) is 2. The number of methoxy groups -OCH3 is 1. The molecule has 6 nitrogen and oxygen atoms in total. The normalized spacial score (nSPS) is 11.1. The molecule has 0 aliphatic heterocycles. The molecule has 0 aromatic heterocycles. The lowest BCUT2D eigenvalue weighted by Crippen LogP contribution is -2.11. The minimum absolute atomic E-state index is 0.176. The van der Waals surface area contributed by atoms with Crippen LogP contribution in [0.25, 0.3) is 0 Å². The molecule has 2 aromatic carbocycles. The summed E-state index contributed by atoms with van der Waals surface area (Å²) in [5.41, 5.74) is 8.38. The Hall–Kier alpha value is -3.08. The molecule has 0 bridgehead atoms. The highest BCUT2D eigenvalue weighted by Gasteiger charge is 2.15. The molecule has 0 aliphatic carbocycles. The molecule has 0 amide bonds. The highest BCUT2D eigenvalue weighted by atomic mass is 32.2. The minimum Gasteiger partial charge on any atom is -0.496 e. The number of nitrogens with two attached hydrogens (primary N) is 1. The second-order valence-corrected chi connectivity index (χ2v) is 8.49. The predicted octanol–water partition coefficient (Wildman–Crippen LogP) is 4.63. The Balaban J connectivity index is 0.000000311. The lowest BCUT2D eigenvalue weighted by molar-refractivity contribution is 0.112. The Morgan fingerprint density at radius 1 is 1.26 bits per heavy atom. The Bertz CT molecular complexity index is 957. The van der Waals surface area contributed by atoms with Crippen LogP contribution in [0.5, 0.6) is 5.75 Å². The van der Waals surface area contributed by atoms with Gasteiger partial charge in [-0.2, -0.15) is 5.26 Å². The number of carbonyl (C=O) groups excluding carboxylic acids is 1. The number of nitrogens with one attached hydrogen (secondary N) is 1. The molecule has 0 saturated heterocycles. The fourth-order valence-electron chi connectivity index (χ4n) is 2.50. The van der Waals surface area contributed by atoms with Crippen LogP contribution in [-0.4, -0.2) is 26.7 Å². The number of rotatable bonds is 7. The molecular formula is C24H30N4O2S. The third-order valence-corrected chi connectivity index (χ3v) is 4.94. The first-order valence-corrected chi connectivity index (χ1v) is 10.5. The summed E-state index contributed by atoms with van der Waals surface area (Å²) in [7, 11) is 3.61.